The molecule has 1 aromatic carbocycles. The highest BCUT2D eigenvalue weighted by Gasteiger charge is 2.12. The van der Waals surface area contributed by atoms with Gasteiger partial charge in [-0.1, -0.05) is 41.7 Å². The predicted molar refractivity (Wildman–Crippen MR) is 82.9 cm³/mol. The van der Waals surface area contributed by atoms with E-state index < -0.39 is 10.8 Å². The fourth-order valence-corrected chi connectivity index (χ4v) is 2.38. The normalized spacial score (nSPS) is 10.8. The molecule has 22 heavy (non-hydrogen) atoms. The number of carbonyl (C=O) groups is 1. The molecule has 0 saturated carbocycles. The van der Waals surface area contributed by atoms with Gasteiger partial charge in [-0.2, -0.15) is 5.26 Å². The molecule has 1 amide bonds. The van der Waals surface area contributed by atoms with E-state index in [1.807, 2.05) is 36.4 Å². The lowest BCUT2D eigenvalue weighted by molar-refractivity contribution is -0.380. The van der Waals surface area contributed by atoms with E-state index >= 15 is 0 Å². The van der Waals surface area contributed by atoms with Gasteiger partial charge in [0.2, 0.25) is 0 Å². The van der Waals surface area contributed by atoms with Gasteiger partial charge in [0, 0.05) is 18.0 Å². The molecule has 0 saturated heterocycles. The van der Waals surface area contributed by atoms with Crippen molar-refractivity contribution in [3.05, 3.63) is 68.6 Å². The standard InChI is InChI=1S/C15H11N3O3S/c16-8-13(6-12-7-14(18(20)21)22-10-12)15(19)17-9-11-4-2-1-3-5-11/h1-7,10H,9H2,(H,17,19)/b13-6-. The van der Waals surface area contributed by atoms with Crippen LogP contribution in [0.2, 0.25) is 0 Å². The van der Waals surface area contributed by atoms with E-state index in [0.29, 0.717) is 12.1 Å². The Bertz CT molecular complexity index is 760. The van der Waals surface area contributed by atoms with Crippen LogP contribution in [0, 0.1) is 21.4 Å². The molecule has 110 valence electrons. The monoisotopic (exact) mass is 313 g/mol. The lowest BCUT2D eigenvalue weighted by Gasteiger charge is -2.03. The first-order chi connectivity index (χ1) is 10.6. The van der Waals surface area contributed by atoms with Crippen molar-refractivity contribution in [2.24, 2.45) is 0 Å². The van der Waals surface area contributed by atoms with Gasteiger partial charge in [-0.3, -0.25) is 14.9 Å². The highest BCUT2D eigenvalue weighted by Crippen LogP contribution is 2.24. The third-order valence-corrected chi connectivity index (χ3v) is 3.66. The van der Waals surface area contributed by atoms with Crippen molar-refractivity contribution in [1.29, 1.82) is 5.26 Å². The third kappa shape index (κ3) is 4.01. The van der Waals surface area contributed by atoms with Gasteiger partial charge >= 0.3 is 5.00 Å². The smallest absolute Gasteiger partial charge is 0.324 e. The van der Waals surface area contributed by atoms with Gasteiger partial charge < -0.3 is 5.32 Å². The Hall–Kier alpha value is -2.98. The highest BCUT2D eigenvalue weighted by molar-refractivity contribution is 7.13. The zero-order chi connectivity index (χ0) is 15.9. The summed E-state index contributed by atoms with van der Waals surface area (Å²) in [6, 6.07) is 12.4. The molecule has 2 rings (SSSR count). The summed E-state index contributed by atoms with van der Waals surface area (Å²) < 4.78 is 0. The third-order valence-electron chi connectivity index (χ3n) is 2.76. The molecule has 0 aliphatic carbocycles. The average molecular weight is 313 g/mol. The topological polar surface area (TPSA) is 96.0 Å². The molecule has 1 heterocycles. The van der Waals surface area contributed by atoms with Crippen LogP contribution in [0.25, 0.3) is 6.08 Å². The predicted octanol–water partition coefficient (Wildman–Crippen LogP) is 2.88. The summed E-state index contributed by atoms with van der Waals surface area (Å²) in [6.45, 7) is 0.308. The molecular weight excluding hydrogens is 302 g/mol. The minimum atomic E-state index is -0.514. The number of nitrogens with one attached hydrogen (secondary N) is 1. The van der Waals surface area contributed by atoms with Crippen LogP contribution in [-0.4, -0.2) is 10.8 Å². The summed E-state index contributed by atoms with van der Waals surface area (Å²) in [7, 11) is 0. The van der Waals surface area contributed by atoms with Crippen LogP contribution >= 0.6 is 11.3 Å². The number of amides is 1. The van der Waals surface area contributed by atoms with E-state index in [1.54, 1.807) is 0 Å². The molecule has 0 fully saturated rings. The molecule has 0 unspecified atom stereocenters. The van der Waals surface area contributed by atoms with Gasteiger partial charge in [0.15, 0.2) is 0 Å². The highest BCUT2D eigenvalue weighted by atomic mass is 32.1. The zero-order valence-corrected chi connectivity index (χ0v) is 12.2. The number of carbonyl (C=O) groups excluding carboxylic acids is 1. The van der Waals surface area contributed by atoms with Crippen LogP contribution in [0.3, 0.4) is 0 Å². The molecule has 7 heteroatoms. The van der Waals surface area contributed by atoms with Crippen molar-refractivity contribution in [3.8, 4) is 6.07 Å². The second-order valence-electron chi connectivity index (χ2n) is 4.31. The maximum Gasteiger partial charge on any atom is 0.324 e. The number of nitro groups is 1. The van der Waals surface area contributed by atoms with Crippen molar-refractivity contribution in [2.75, 3.05) is 0 Å². The lowest BCUT2D eigenvalue weighted by Crippen LogP contribution is -2.23. The summed E-state index contributed by atoms with van der Waals surface area (Å²) >= 11 is 0.947. The SMILES string of the molecule is N#C/C(=C/c1csc([N+](=O)[O-])c1)C(=O)NCc1ccccc1. The molecule has 6 nitrogen and oxygen atoms in total. The second-order valence-corrected chi connectivity index (χ2v) is 5.20. The molecule has 0 aliphatic heterocycles. The van der Waals surface area contributed by atoms with E-state index in [2.05, 4.69) is 5.32 Å². The summed E-state index contributed by atoms with van der Waals surface area (Å²) in [5.74, 6) is -0.514. The Balaban J connectivity index is 2.06. The van der Waals surface area contributed by atoms with Crippen LogP contribution in [-0.2, 0) is 11.3 Å². The number of hydrogen-bond acceptors (Lipinski definition) is 5. The summed E-state index contributed by atoms with van der Waals surface area (Å²) in [4.78, 5) is 22.1. The van der Waals surface area contributed by atoms with Crippen molar-refractivity contribution in [1.82, 2.24) is 5.32 Å². The van der Waals surface area contributed by atoms with E-state index in [1.165, 1.54) is 17.5 Å². The molecule has 2 aromatic rings. The molecule has 1 aromatic heterocycles. The van der Waals surface area contributed by atoms with Crippen molar-refractivity contribution in [3.63, 3.8) is 0 Å². The fourth-order valence-electron chi connectivity index (χ4n) is 1.70. The van der Waals surface area contributed by atoms with E-state index in [9.17, 15) is 14.9 Å². The molecule has 0 atom stereocenters. The summed E-state index contributed by atoms with van der Waals surface area (Å²) in [5.41, 5.74) is 1.28. The van der Waals surface area contributed by atoms with Crippen molar-refractivity contribution < 1.29 is 9.72 Å². The summed E-state index contributed by atoms with van der Waals surface area (Å²) in [5, 5.41) is 23.8. The number of hydrogen-bond donors (Lipinski definition) is 1. The Kier molecular flexibility index (Phi) is 5.01. The quantitative estimate of drug-likeness (QED) is 0.397. The Morgan fingerprint density at radius 1 is 1.41 bits per heavy atom. The maximum atomic E-state index is 12.0. The van der Waals surface area contributed by atoms with E-state index in [4.69, 9.17) is 5.26 Å². The van der Waals surface area contributed by atoms with E-state index in [-0.39, 0.29) is 10.6 Å². The zero-order valence-electron chi connectivity index (χ0n) is 11.4. The molecule has 0 spiro atoms. The number of benzene rings is 1. The lowest BCUT2D eigenvalue weighted by atomic mass is 10.2. The van der Waals surface area contributed by atoms with E-state index in [0.717, 1.165) is 16.9 Å². The number of nitrogens with zero attached hydrogens (tertiary/aromatic N) is 2. The first-order valence-corrected chi connectivity index (χ1v) is 7.15. The van der Waals surface area contributed by atoms with Gasteiger partial charge in [0.25, 0.3) is 5.91 Å². The fraction of sp³-hybridized carbons (Fsp3) is 0.0667. The Morgan fingerprint density at radius 3 is 2.73 bits per heavy atom. The van der Waals surface area contributed by atoms with Crippen LogP contribution in [0.15, 0.2) is 47.4 Å². The second kappa shape index (κ2) is 7.15. The number of rotatable bonds is 5. The van der Waals surface area contributed by atoms with Gasteiger partial charge in [0.05, 0.1) is 4.92 Å². The molecule has 1 N–H and O–H groups in total. The largest absolute Gasteiger partial charge is 0.347 e. The molecular formula is C15H11N3O3S. The van der Waals surface area contributed by atoms with Gasteiger partial charge in [0.1, 0.15) is 11.6 Å². The van der Waals surface area contributed by atoms with Crippen LogP contribution in [0.4, 0.5) is 5.00 Å². The minimum absolute atomic E-state index is 0.0340. The van der Waals surface area contributed by atoms with Gasteiger partial charge in [-0.05, 0) is 17.2 Å². The Labute approximate surface area is 130 Å². The molecule has 0 aliphatic rings. The average Bonchev–Trinajstić information content (AvgIpc) is 3.00. The van der Waals surface area contributed by atoms with Crippen LogP contribution < -0.4 is 5.32 Å². The van der Waals surface area contributed by atoms with Crippen molar-refractivity contribution >= 4 is 28.3 Å². The van der Waals surface area contributed by atoms with Gasteiger partial charge in [-0.25, -0.2) is 0 Å². The van der Waals surface area contributed by atoms with Gasteiger partial charge in [-0.15, -0.1) is 0 Å². The number of nitriles is 1. The minimum Gasteiger partial charge on any atom is -0.347 e. The number of thiophene rings is 1. The first-order valence-electron chi connectivity index (χ1n) is 6.27. The Morgan fingerprint density at radius 2 is 2.14 bits per heavy atom. The molecule has 0 bridgehead atoms. The maximum absolute atomic E-state index is 12.0. The summed E-state index contributed by atoms with van der Waals surface area (Å²) in [6.07, 6.45) is 1.34. The van der Waals surface area contributed by atoms with Crippen LogP contribution in [0.1, 0.15) is 11.1 Å². The van der Waals surface area contributed by atoms with Crippen LogP contribution in [0.5, 0.6) is 0 Å². The van der Waals surface area contributed by atoms with Crippen molar-refractivity contribution in [2.45, 2.75) is 6.54 Å². The first kappa shape index (κ1) is 15.4. The molecule has 0 radical (unpaired) electrons.